The number of amides is 4. The number of fused-ring (bicyclic) bond motifs is 4. The zero-order valence-corrected chi connectivity index (χ0v) is 14.9. The largest absolute Gasteiger partial charge is 0.377 e. The lowest BCUT2D eigenvalue weighted by molar-refractivity contribution is -0.384. The molecule has 3 aliphatic rings. The van der Waals surface area contributed by atoms with Gasteiger partial charge in [-0.2, -0.15) is 0 Å². The van der Waals surface area contributed by atoms with Gasteiger partial charge < -0.3 is 9.64 Å². The van der Waals surface area contributed by atoms with Gasteiger partial charge >= 0.3 is 6.03 Å². The number of barbiturate groups is 1. The number of nitro groups is 1. The summed E-state index contributed by atoms with van der Waals surface area (Å²) in [4.78, 5) is 53.0. The molecule has 4 amide bonds. The van der Waals surface area contributed by atoms with Crippen molar-refractivity contribution < 1.29 is 24.0 Å². The van der Waals surface area contributed by atoms with Crippen LogP contribution >= 0.6 is 0 Å². The molecule has 2 saturated heterocycles. The van der Waals surface area contributed by atoms with Gasteiger partial charge in [0.2, 0.25) is 11.8 Å². The Morgan fingerprint density at radius 3 is 2.48 bits per heavy atom. The molecule has 1 aromatic carbocycles. The van der Waals surface area contributed by atoms with E-state index in [0.717, 1.165) is 15.5 Å². The first-order valence-corrected chi connectivity index (χ1v) is 8.51. The van der Waals surface area contributed by atoms with Gasteiger partial charge in [0.1, 0.15) is 0 Å². The fourth-order valence-electron chi connectivity index (χ4n) is 4.35. The number of urea groups is 1. The molecular formula is C17H18N4O6. The van der Waals surface area contributed by atoms with E-state index >= 15 is 0 Å². The summed E-state index contributed by atoms with van der Waals surface area (Å²) >= 11 is 0. The number of ether oxygens (including phenoxy) is 1. The lowest BCUT2D eigenvalue weighted by Gasteiger charge is -2.54. The Labute approximate surface area is 154 Å². The molecule has 142 valence electrons. The normalized spacial score (nSPS) is 24.1. The highest BCUT2D eigenvalue weighted by Crippen LogP contribution is 2.47. The van der Waals surface area contributed by atoms with Crippen molar-refractivity contribution in [2.45, 2.75) is 12.5 Å². The SMILES string of the molecule is CN1C(=O)N(C)C(=O)C2(Cc3cc([N+](=O)[O-])ccc3N3CCOCC32)C1=O. The third-order valence-electron chi connectivity index (χ3n) is 5.70. The lowest BCUT2D eigenvalue weighted by atomic mass is 9.68. The standard InChI is InChI=1S/C17H18N4O6/c1-18-14(22)17(15(23)19(2)16(18)24)8-10-7-11(21(25)26)3-4-12(10)20-5-6-27-9-13(17)20/h3-4,7,13H,5-6,8-9H2,1-2H3. The number of nitro benzene ring substituents is 1. The number of anilines is 1. The number of hydrogen-bond acceptors (Lipinski definition) is 7. The number of rotatable bonds is 1. The number of nitrogens with zero attached hydrogens (tertiary/aromatic N) is 4. The topological polar surface area (TPSA) is 113 Å². The van der Waals surface area contributed by atoms with Crippen LogP contribution in [0.15, 0.2) is 18.2 Å². The Morgan fingerprint density at radius 2 is 1.85 bits per heavy atom. The molecule has 3 aliphatic heterocycles. The summed E-state index contributed by atoms with van der Waals surface area (Å²) in [5, 5.41) is 11.2. The van der Waals surface area contributed by atoms with Crippen molar-refractivity contribution in [2.75, 3.05) is 38.8 Å². The molecule has 2 fully saturated rings. The summed E-state index contributed by atoms with van der Waals surface area (Å²) < 4.78 is 5.56. The van der Waals surface area contributed by atoms with Crippen LogP contribution in [0.1, 0.15) is 5.56 Å². The molecule has 0 bridgehead atoms. The van der Waals surface area contributed by atoms with Crippen LogP contribution < -0.4 is 4.90 Å². The number of carbonyl (C=O) groups excluding carboxylic acids is 3. The van der Waals surface area contributed by atoms with E-state index in [4.69, 9.17) is 4.74 Å². The minimum atomic E-state index is -1.56. The monoisotopic (exact) mass is 374 g/mol. The van der Waals surface area contributed by atoms with E-state index in [1.807, 2.05) is 4.90 Å². The number of morpholine rings is 1. The Morgan fingerprint density at radius 1 is 1.19 bits per heavy atom. The van der Waals surface area contributed by atoms with Crippen molar-refractivity contribution in [1.82, 2.24) is 9.80 Å². The van der Waals surface area contributed by atoms with E-state index in [1.54, 1.807) is 6.07 Å². The highest BCUT2D eigenvalue weighted by Gasteiger charge is 2.63. The zero-order chi connectivity index (χ0) is 19.5. The van der Waals surface area contributed by atoms with E-state index in [1.165, 1.54) is 26.2 Å². The fourth-order valence-corrected chi connectivity index (χ4v) is 4.35. The van der Waals surface area contributed by atoms with Crippen LogP contribution in [0.4, 0.5) is 16.2 Å². The van der Waals surface area contributed by atoms with Gasteiger partial charge in [-0.25, -0.2) is 4.79 Å². The van der Waals surface area contributed by atoms with Gasteiger partial charge in [-0.1, -0.05) is 0 Å². The third kappa shape index (κ3) is 2.19. The zero-order valence-electron chi connectivity index (χ0n) is 14.9. The van der Waals surface area contributed by atoms with E-state index in [9.17, 15) is 24.5 Å². The van der Waals surface area contributed by atoms with Crippen LogP contribution in [-0.2, 0) is 20.7 Å². The second-order valence-electron chi connectivity index (χ2n) is 7.01. The molecule has 27 heavy (non-hydrogen) atoms. The predicted octanol–water partition coefficient (Wildman–Crippen LogP) is 0.393. The fraction of sp³-hybridized carbons (Fsp3) is 0.471. The van der Waals surface area contributed by atoms with Crippen LogP contribution in [0.2, 0.25) is 0 Å². The molecule has 3 heterocycles. The minimum absolute atomic E-state index is 0.0197. The highest BCUT2D eigenvalue weighted by molar-refractivity contribution is 6.20. The summed E-state index contributed by atoms with van der Waals surface area (Å²) in [6, 6.07) is 3.19. The molecule has 10 heteroatoms. The van der Waals surface area contributed by atoms with Gasteiger partial charge in [0.25, 0.3) is 5.69 Å². The number of non-ortho nitro benzene ring substituents is 1. The molecule has 10 nitrogen and oxygen atoms in total. The Hall–Kier alpha value is -3.01. The maximum Gasteiger partial charge on any atom is 0.332 e. The second-order valence-corrected chi connectivity index (χ2v) is 7.01. The van der Waals surface area contributed by atoms with Crippen molar-refractivity contribution in [3.8, 4) is 0 Å². The molecule has 0 saturated carbocycles. The Bertz CT molecular complexity index is 860. The average molecular weight is 374 g/mol. The average Bonchev–Trinajstić information content (AvgIpc) is 2.68. The van der Waals surface area contributed by atoms with Gasteiger partial charge in [-0.05, 0) is 11.6 Å². The minimum Gasteiger partial charge on any atom is -0.377 e. The van der Waals surface area contributed by atoms with Crippen LogP contribution in [0, 0.1) is 15.5 Å². The van der Waals surface area contributed by atoms with Crippen molar-refractivity contribution in [3.05, 3.63) is 33.9 Å². The van der Waals surface area contributed by atoms with Crippen LogP contribution in [-0.4, -0.2) is 72.5 Å². The highest BCUT2D eigenvalue weighted by atomic mass is 16.6. The predicted molar refractivity (Wildman–Crippen MR) is 92.1 cm³/mol. The van der Waals surface area contributed by atoms with E-state index in [2.05, 4.69) is 0 Å². The molecule has 4 rings (SSSR count). The van der Waals surface area contributed by atoms with Crippen molar-refractivity contribution >= 4 is 29.2 Å². The lowest BCUT2D eigenvalue weighted by Crippen LogP contribution is -2.73. The summed E-state index contributed by atoms with van der Waals surface area (Å²) in [6.07, 6.45) is -0.0197. The second kappa shape index (κ2) is 5.74. The van der Waals surface area contributed by atoms with Crippen LogP contribution in [0.5, 0.6) is 0 Å². The van der Waals surface area contributed by atoms with Gasteiger partial charge in [0.15, 0.2) is 5.41 Å². The molecule has 0 aromatic heterocycles. The summed E-state index contributed by atoms with van der Waals surface area (Å²) in [6.45, 7) is 1.01. The van der Waals surface area contributed by atoms with E-state index in [0.29, 0.717) is 18.7 Å². The molecule has 0 aliphatic carbocycles. The first-order chi connectivity index (χ1) is 12.8. The summed E-state index contributed by atoms with van der Waals surface area (Å²) in [7, 11) is 2.68. The van der Waals surface area contributed by atoms with Gasteiger partial charge in [0, 0.05) is 44.9 Å². The molecule has 1 unspecified atom stereocenters. The Balaban J connectivity index is 1.92. The number of carbonyl (C=O) groups is 3. The number of hydrogen-bond donors (Lipinski definition) is 0. The van der Waals surface area contributed by atoms with Crippen LogP contribution in [0.25, 0.3) is 0 Å². The first kappa shape index (κ1) is 17.4. The maximum absolute atomic E-state index is 13.2. The first-order valence-electron chi connectivity index (χ1n) is 8.51. The van der Waals surface area contributed by atoms with Crippen molar-refractivity contribution in [1.29, 1.82) is 0 Å². The Kier molecular flexibility index (Phi) is 3.70. The quantitative estimate of drug-likeness (QED) is 0.397. The number of benzene rings is 1. The molecule has 0 radical (unpaired) electrons. The summed E-state index contributed by atoms with van der Waals surface area (Å²) in [5.74, 6) is -1.21. The van der Waals surface area contributed by atoms with E-state index < -0.39 is 34.2 Å². The molecule has 1 atom stereocenters. The van der Waals surface area contributed by atoms with Gasteiger partial charge in [-0.15, -0.1) is 0 Å². The summed E-state index contributed by atoms with van der Waals surface area (Å²) in [5.41, 5.74) is -0.369. The van der Waals surface area contributed by atoms with Crippen molar-refractivity contribution in [3.63, 3.8) is 0 Å². The third-order valence-corrected chi connectivity index (χ3v) is 5.70. The van der Waals surface area contributed by atoms with Crippen LogP contribution in [0.3, 0.4) is 0 Å². The molecule has 1 spiro atoms. The molecular weight excluding hydrogens is 356 g/mol. The van der Waals surface area contributed by atoms with Crippen molar-refractivity contribution in [2.24, 2.45) is 5.41 Å². The molecule has 0 N–H and O–H groups in total. The smallest absolute Gasteiger partial charge is 0.332 e. The molecule has 1 aromatic rings. The number of imide groups is 2. The van der Waals surface area contributed by atoms with Gasteiger partial charge in [-0.3, -0.25) is 29.5 Å². The maximum atomic E-state index is 13.2. The van der Waals surface area contributed by atoms with Gasteiger partial charge in [0.05, 0.1) is 24.2 Å². The van der Waals surface area contributed by atoms with E-state index in [-0.39, 0.29) is 18.7 Å².